The Morgan fingerprint density at radius 1 is 0.401 bits per heavy atom. The van der Waals surface area contributed by atoms with Crippen LogP contribution in [-0.4, -0.2) is 265 Å². The summed E-state index contributed by atoms with van der Waals surface area (Å²) in [6.45, 7) is 5.29. The number of tetrazole rings is 7. The molecular weight excluding hydrogens is 2070 g/mol. The number of nitrogen functional groups attached to an aromatic ring is 2. The Kier molecular flexibility index (Phi) is 54.8. The van der Waals surface area contributed by atoms with Crippen molar-refractivity contribution >= 4 is 51.4 Å². The molecule has 0 atom stereocenters. The van der Waals surface area contributed by atoms with Crippen LogP contribution in [0.15, 0.2) is 146 Å². The number of hydrogen-bond donors (Lipinski definition) is 7. The molecule has 0 fully saturated rings. The maximum Gasteiger partial charge on any atom is 0.311 e. The van der Waals surface area contributed by atoms with Crippen molar-refractivity contribution in [2.75, 3.05) is 88.7 Å². The van der Waals surface area contributed by atoms with Gasteiger partial charge in [0.1, 0.15) is 0 Å². The number of aromatic nitrogens is 28. The number of ether oxygens (including phenoxy) is 8. The normalized spacial score (nSPS) is 9.49. The van der Waals surface area contributed by atoms with Gasteiger partial charge in [-0.15, -0.1) is 61.2 Å². The van der Waals surface area contributed by atoms with Crippen LogP contribution in [0.3, 0.4) is 0 Å². The Labute approximate surface area is 832 Å². The minimum absolute atomic E-state index is 0. The number of nitro groups is 6. The third kappa shape index (κ3) is 34.5. The molecule has 0 aliphatic rings. The number of nitrogens with zero attached hydrogens (tertiary/aromatic N) is 33. The number of nitro benzene ring substituents is 6. The second kappa shape index (κ2) is 63.9. The van der Waals surface area contributed by atoms with Gasteiger partial charge in [0.15, 0.2) is 23.1 Å². The van der Waals surface area contributed by atoms with E-state index in [2.05, 4.69) is 119 Å². The van der Waals surface area contributed by atoms with Crippen LogP contribution in [0.5, 0.6) is 46.0 Å². The maximum absolute atomic E-state index is 10.9. The summed E-state index contributed by atoms with van der Waals surface area (Å²) in [6.07, 6.45) is 0. The number of primary amides is 1. The number of aliphatic hydroxyl groups excluding tert-OH is 2. The number of anilines is 2. The number of nitrogens with one attached hydrogen (secondary N) is 2. The fraction of sp³-hybridized carbons (Fsp3) is 0.244. The summed E-state index contributed by atoms with van der Waals surface area (Å²) in [7, 11) is 18.5. The first-order valence-corrected chi connectivity index (χ1v) is 38.2. The average molecular weight is 2170 g/mol. The number of nitrogens with two attached hydrogens (primary N) is 3. The summed E-state index contributed by atoms with van der Waals surface area (Å²) < 4.78 is 58.8. The van der Waals surface area contributed by atoms with Crippen LogP contribution < -0.4 is 55.1 Å². The van der Waals surface area contributed by atoms with Crippen LogP contribution in [0, 0.1) is 86.9 Å². The number of hydrogen-bond acceptors (Lipinski definition) is 47. The van der Waals surface area contributed by atoms with E-state index < -0.39 is 42.6 Å². The van der Waals surface area contributed by atoms with Crippen molar-refractivity contribution in [2.24, 2.45) is 41.0 Å². The molecule has 0 aliphatic heterocycles. The fourth-order valence-electron chi connectivity index (χ4n) is 10.9. The van der Waals surface area contributed by atoms with Crippen molar-refractivity contribution < 1.29 is 129 Å². The number of amides is 1. The van der Waals surface area contributed by atoms with Crippen LogP contribution in [0.25, 0.3) is 79.7 Å². The summed E-state index contributed by atoms with van der Waals surface area (Å²) in [4.78, 5) is 76.2. The summed E-state index contributed by atoms with van der Waals surface area (Å²) in [5.74, 6) is 3.55. The zero-order chi connectivity index (χ0) is 104. The zero-order valence-corrected chi connectivity index (χ0v) is 81.6. The predicted molar refractivity (Wildman–Crippen MR) is 493 cm³/mol. The molecule has 0 spiro atoms. The Balaban J connectivity index is 0.00000158. The van der Waals surface area contributed by atoms with Gasteiger partial charge in [-0.05, 0) is 121 Å². The molecule has 0 saturated carbocycles. The maximum atomic E-state index is 10.9. The number of nitriles is 1. The van der Waals surface area contributed by atoms with Crippen molar-refractivity contribution in [1.29, 1.82) is 5.26 Å². The quantitative estimate of drug-likeness (QED) is 0.0113. The zero-order valence-electron chi connectivity index (χ0n) is 79.4. The van der Waals surface area contributed by atoms with Crippen LogP contribution in [-0.2, 0) is 76.1 Å². The first-order chi connectivity index (χ1) is 66.6. The van der Waals surface area contributed by atoms with Crippen LogP contribution in [0.2, 0.25) is 0 Å². The Morgan fingerprint density at radius 2 is 0.620 bits per heavy atom. The van der Waals surface area contributed by atoms with E-state index in [1.54, 1.807) is 135 Å². The predicted octanol–water partition coefficient (Wildman–Crippen LogP) is 7.60. The minimum atomic E-state index is -1.00. The van der Waals surface area contributed by atoms with Gasteiger partial charge in [0.05, 0.1) is 178 Å². The molecule has 764 valence electrons. The standard InChI is InChI=1S/3C9H9N5O3.2C9H11N5O.2C8H7N5O3.C8H8N2O4.C2H3N.2C2H6O.CH3F.2CH3.2Pd/c1-13-9(10-11-12-13)6-4-3-5-7(14(15)16)8(6)17-2;2*1-13-11-9(10-12-13)6-4-3-5-7(14(15)16)8(6)17-2;1-14-9(11-12-13-14)6-4-3-5-7(10)8(6)15-2;1-14-12-9(11-13-14)6-4-3-5-7(10)8(6)15-2;2*1-16-7-5(8-9-11-12-10-8)3-2-4-6(7)13(14)15;1-14-7-5(8(9)11)3-2-4-6(7)10(12)13;3*1-2-3;1-2;;;;/h3*3-5H,1-2H3;2*3-5H,10H2,1-2H3;2*2-4H,1H3,(H,9,10,11,12);2-4H,1H3,(H2,9,11);1H3;2*3H,2H2,1H3;1H3;2*1H3;;/q;;;;;;;;;;;;2*-1;;/i;;;;;;;;;;;1D;;;;. The van der Waals surface area contributed by atoms with E-state index in [0.717, 1.165) is 11.1 Å². The summed E-state index contributed by atoms with van der Waals surface area (Å²) in [5, 5.41) is 170. The number of carbonyl (C=O) groups is 1. The van der Waals surface area contributed by atoms with E-state index in [4.69, 9.17) is 71.9 Å². The first kappa shape index (κ1) is 122. The second-order valence-corrected chi connectivity index (χ2v) is 24.8. The molecule has 7 heterocycles. The van der Waals surface area contributed by atoms with Crippen molar-refractivity contribution in [3.05, 3.63) is 227 Å². The van der Waals surface area contributed by atoms with Gasteiger partial charge in [-0.2, -0.15) is 30.1 Å². The minimum Gasteiger partial charge on any atom is -0.494 e. The molecule has 0 bridgehead atoms. The summed E-state index contributed by atoms with van der Waals surface area (Å²) in [6, 6.07) is 39.3. The van der Waals surface area contributed by atoms with Crippen molar-refractivity contribution in [3.63, 3.8) is 0 Å². The molecule has 15 aromatic rings. The number of methoxy groups -OCH3 is 8. The van der Waals surface area contributed by atoms with Crippen LogP contribution in [0.4, 0.5) is 49.9 Å². The van der Waals surface area contributed by atoms with E-state index in [9.17, 15) is 69.9 Å². The topological polar surface area (TPSA) is 819 Å². The number of halogens is 1. The van der Waals surface area contributed by atoms with Gasteiger partial charge in [-0.25, -0.2) is 9.36 Å². The third-order valence-corrected chi connectivity index (χ3v) is 16.3. The second-order valence-electron chi connectivity index (χ2n) is 24.8. The molecular formula is C78H95FN38O23Pd2-2. The van der Waals surface area contributed by atoms with E-state index >= 15 is 0 Å². The number of aliphatic hydroxyl groups is 2. The molecule has 10 N–H and O–H groups in total. The number of rotatable bonds is 22. The van der Waals surface area contributed by atoms with Gasteiger partial charge in [0.25, 0.3) is 5.91 Å². The number of aryl methyl sites for hydroxylation is 5. The molecule has 142 heavy (non-hydrogen) atoms. The molecule has 64 heteroatoms. The average Bonchev–Trinajstić information content (AvgIpc) is 1.79. The van der Waals surface area contributed by atoms with E-state index in [-0.39, 0.29) is 166 Å². The van der Waals surface area contributed by atoms with Gasteiger partial charge in [-0.3, -0.25) is 69.9 Å². The molecule has 15 rings (SSSR count). The number of H-pyrrole nitrogens is 2. The molecule has 1 amide bonds. The molecule has 8 aromatic carbocycles. The van der Waals surface area contributed by atoms with E-state index in [0.29, 0.717) is 68.2 Å². The molecule has 7 aromatic heterocycles. The molecule has 0 radical (unpaired) electrons. The number of benzene rings is 8. The van der Waals surface area contributed by atoms with Crippen molar-refractivity contribution in [3.8, 4) is 132 Å². The summed E-state index contributed by atoms with van der Waals surface area (Å²) in [5.41, 5.74) is 20.5. The SMILES string of the molecule is CC#N.CCO.CCO.COc1c(-c2nn[nH]n2)cccc1[N+](=O)[O-].COc1c(-c2nn[nH]n2)cccc1[N+](=O)[O-].COc1c(-c2nnn(C)n2)cccc1[N+](=O)[O-].COc1c(-c2nnn(C)n2)cccc1[N+](=O)[O-].COc1c(-c2nnnn2C)cccc1[N+](=O)[O-].COc1c(C(N)=O)cccc1[N+](=O)[O-].COc1c(N)cccc1-c1nnn(C)n1.COc1c(N)cccc1-c1nnnn1C.[2H]CF.[CH3-].[CH3-].[Pd].[Pd]. The number of carbonyl (C=O) groups excluding carboxylic acids is 1. The first-order valence-electron chi connectivity index (χ1n) is 38.9. The number of para-hydroxylation sites is 8. The van der Waals surface area contributed by atoms with Crippen molar-refractivity contribution in [1.82, 2.24) is 142 Å². The smallest absolute Gasteiger partial charge is 0.311 e. The van der Waals surface area contributed by atoms with E-state index in [1.165, 1.54) is 129 Å². The Morgan fingerprint density at radius 3 is 0.838 bits per heavy atom. The van der Waals surface area contributed by atoms with Crippen LogP contribution >= 0.6 is 0 Å². The van der Waals surface area contributed by atoms with Gasteiger partial charge in [0, 0.05) is 111 Å². The van der Waals surface area contributed by atoms with Crippen molar-refractivity contribution in [2.45, 2.75) is 20.8 Å². The molecule has 0 aliphatic carbocycles. The summed E-state index contributed by atoms with van der Waals surface area (Å²) >= 11 is 0. The molecule has 0 unspecified atom stereocenters. The van der Waals surface area contributed by atoms with Gasteiger partial charge >= 0.3 is 34.1 Å². The Bertz CT molecular complexity index is 6300. The van der Waals surface area contributed by atoms with E-state index in [1.807, 2.05) is 24.3 Å². The molecule has 61 nitrogen and oxygen atoms in total. The molecule has 0 saturated heterocycles. The fourth-order valence-corrected chi connectivity index (χ4v) is 10.9. The third-order valence-electron chi connectivity index (χ3n) is 16.3. The van der Waals surface area contributed by atoms with Crippen LogP contribution in [0.1, 0.15) is 32.5 Å². The number of aromatic amines is 2. The van der Waals surface area contributed by atoms with Gasteiger partial charge in [0.2, 0.25) is 63.6 Å². The van der Waals surface area contributed by atoms with Gasteiger partial charge < -0.3 is 80.2 Å². The van der Waals surface area contributed by atoms with Gasteiger partial charge in [-0.1, -0.05) is 48.5 Å². The Hall–Kier alpha value is -18.2. The number of alkyl halides is 1. The monoisotopic (exact) mass is 2160 g/mol. The largest absolute Gasteiger partial charge is 0.494 e.